The van der Waals surface area contributed by atoms with E-state index in [0.717, 1.165) is 38.2 Å². The van der Waals surface area contributed by atoms with Crippen LogP contribution in [0.1, 0.15) is 23.5 Å². The molecule has 4 heterocycles. The maximum Gasteiger partial charge on any atom is 0.194 e. The minimum atomic E-state index is -0.226. The highest BCUT2D eigenvalue weighted by atomic mass is 32.1. The van der Waals surface area contributed by atoms with E-state index in [9.17, 15) is 0 Å². The molecule has 2 aromatic carbocycles. The van der Waals surface area contributed by atoms with Gasteiger partial charge in [0.2, 0.25) is 0 Å². The Labute approximate surface area is 217 Å². The topological polar surface area (TPSA) is 64.4 Å². The van der Waals surface area contributed by atoms with Crippen molar-refractivity contribution in [2.75, 3.05) is 19.1 Å². The molecule has 7 nitrogen and oxygen atoms in total. The molecule has 1 N–H and O–H groups in total. The number of thiocarbonyl (C=S) groups is 1. The van der Waals surface area contributed by atoms with Gasteiger partial charge >= 0.3 is 0 Å². The van der Waals surface area contributed by atoms with Crippen LogP contribution in [0, 0.1) is 0 Å². The lowest BCUT2D eigenvalue weighted by Gasteiger charge is -2.29. The molecule has 1 aliphatic heterocycles. The molecule has 0 aliphatic carbocycles. The fourth-order valence-electron chi connectivity index (χ4n) is 4.67. The summed E-state index contributed by atoms with van der Waals surface area (Å²) in [4.78, 5) is 11.7. The van der Waals surface area contributed by atoms with Gasteiger partial charge in [-0.3, -0.25) is 9.55 Å². The zero-order chi connectivity index (χ0) is 24.6. The summed E-state index contributed by atoms with van der Waals surface area (Å²) in [6.45, 7) is 0. The van der Waals surface area contributed by atoms with Crippen LogP contribution in [-0.4, -0.2) is 33.9 Å². The molecule has 0 amide bonds. The molecule has 2 atom stereocenters. The predicted octanol–water partition coefficient (Wildman–Crippen LogP) is 5.68. The van der Waals surface area contributed by atoms with Crippen LogP contribution in [0.4, 0.5) is 5.69 Å². The second kappa shape index (κ2) is 9.25. The standard InChI is InChI=1S/C27H23N5O2S2/c1-33-17-12-13-22(34-2)21(16-17)32-25(24(30-26(32)35)19-9-5-6-14-28-19)20-10-7-15-31(20)27-29-18-8-3-4-11-23(18)36-27/h3-16,24-25H,1-2H3,(H,30,35)/t24-,25+/m1/s1. The van der Waals surface area contributed by atoms with Crippen LogP contribution in [0.3, 0.4) is 0 Å². The van der Waals surface area contributed by atoms with Crippen LogP contribution in [0.15, 0.2) is 85.2 Å². The second-order valence-electron chi connectivity index (χ2n) is 8.30. The number of nitrogens with one attached hydrogen (secondary N) is 1. The molecule has 3 aromatic heterocycles. The molecule has 0 radical (unpaired) electrons. The van der Waals surface area contributed by atoms with E-state index in [1.807, 2.05) is 66.9 Å². The zero-order valence-electron chi connectivity index (χ0n) is 19.7. The van der Waals surface area contributed by atoms with Crippen LogP contribution in [0.25, 0.3) is 15.3 Å². The van der Waals surface area contributed by atoms with Gasteiger partial charge in [0, 0.05) is 18.5 Å². The average molecular weight is 514 g/mol. The van der Waals surface area contributed by atoms with Crippen LogP contribution >= 0.6 is 23.6 Å². The third-order valence-corrected chi connectivity index (χ3v) is 7.67. The van der Waals surface area contributed by atoms with E-state index in [2.05, 4.69) is 31.9 Å². The summed E-state index contributed by atoms with van der Waals surface area (Å²) in [6, 6.07) is 23.6. The molecule has 9 heteroatoms. The van der Waals surface area contributed by atoms with E-state index in [0.29, 0.717) is 10.9 Å². The summed E-state index contributed by atoms with van der Waals surface area (Å²) in [5.41, 5.74) is 3.72. The Hall–Kier alpha value is -3.95. The minimum Gasteiger partial charge on any atom is -0.497 e. The SMILES string of the molecule is COc1ccc(OC)c(N2C(=S)N[C@H](c3ccccn3)[C@@H]2c2cccn2-c2nc3ccccc3s2)c1. The Bertz CT molecular complexity index is 1520. The van der Waals surface area contributed by atoms with Gasteiger partial charge in [-0.05, 0) is 60.7 Å². The van der Waals surface area contributed by atoms with Crippen molar-refractivity contribution >= 4 is 44.6 Å². The summed E-state index contributed by atoms with van der Waals surface area (Å²) in [7, 11) is 3.31. The first-order chi connectivity index (χ1) is 17.7. The van der Waals surface area contributed by atoms with Crippen molar-refractivity contribution in [1.82, 2.24) is 19.9 Å². The monoisotopic (exact) mass is 513 g/mol. The number of aromatic nitrogens is 3. The molecule has 6 rings (SSSR count). The summed E-state index contributed by atoms with van der Waals surface area (Å²) in [5.74, 6) is 1.42. The van der Waals surface area contributed by atoms with Crippen LogP contribution < -0.4 is 19.7 Å². The van der Waals surface area contributed by atoms with Gasteiger partial charge in [-0.2, -0.15) is 0 Å². The van der Waals surface area contributed by atoms with Crippen molar-refractivity contribution in [3.8, 4) is 16.6 Å². The number of anilines is 1. The Kier molecular flexibility index (Phi) is 5.79. The number of nitrogens with zero attached hydrogens (tertiary/aromatic N) is 4. The van der Waals surface area contributed by atoms with Crippen LogP contribution in [0.2, 0.25) is 0 Å². The normalized spacial score (nSPS) is 17.4. The Morgan fingerprint density at radius 2 is 1.83 bits per heavy atom. The van der Waals surface area contributed by atoms with Gasteiger partial charge in [0.05, 0.1) is 47.6 Å². The number of benzene rings is 2. The lowest BCUT2D eigenvalue weighted by molar-refractivity contribution is 0.402. The first-order valence-corrected chi connectivity index (χ1v) is 12.7. The Morgan fingerprint density at radius 1 is 0.972 bits per heavy atom. The highest BCUT2D eigenvalue weighted by molar-refractivity contribution is 7.80. The average Bonchev–Trinajstić information content (AvgIpc) is 3.65. The summed E-state index contributed by atoms with van der Waals surface area (Å²) in [6.07, 6.45) is 3.85. The van der Waals surface area contributed by atoms with E-state index in [-0.39, 0.29) is 12.1 Å². The highest BCUT2D eigenvalue weighted by Gasteiger charge is 2.43. The maximum absolute atomic E-state index is 5.92. The van der Waals surface area contributed by atoms with Crippen molar-refractivity contribution in [2.24, 2.45) is 0 Å². The lowest BCUT2D eigenvalue weighted by Crippen LogP contribution is -2.30. The molecule has 1 aliphatic rings. The number of ether oxygens (including phenoxy) is 2. The molecule has 0 unspecified atom stereocenters. The van der Waals surface area contributed by atoms with E-state index in [1.165, 1.54) is 0 Å². The first-order valence-electron chi connectivity index (χ1n) is 11.4. The fourth-order valence-corrected chi connectivity index (χ4v) is 5.98. The Balaban J connectivity index is 1.54. The number of pyridine rings is 1. The summed E-state index contributed by atoms with van der Waals surface area (Å²) >= 11 is 7.57. The molecular formula is C27H23N5O2S2. The van der Waals surface area contributed by atoms with Gasteiger partial charge in [0.1, 0.15) is 17.5 Å². The fraction of sp³-hybridized carbons (Fsp3) is 0.148. The minimum absolute atomic E-state index is 0.197. The molecule has 1 fully saturated rings. The molecule has 0 saturated carbocycles. The third-order valence-electron chi connectivity index (χ3n) is 6.32. The van der Waals surface area contributed by atoms with Gasteiger partial charge < -0.3 is 19.7 Å². The first kappa shape index (κ1) is 22.5. The van der Waals surface area contributed by atoms with E-state index >= 15 is 0 Å². The van der Waals surface area contributed by atoms with Gasteiger partial charge in [-0.15, -0.1) is 0 Å². The van der Waals surface area contributed by atoms with E-state index < -0.39 is 0 Å². The van der Waals surface area contributed by atoms with Gasteiger partial charge in [0.15, 0.2) is 10.2 Å². The van der Waals surface area contributed by atoms with Gasteiger partial charge in [-0.25, -0.2) is 4.98 Å². The molecule has 1 saturated heterocycles. The number of hydrogen-bond acceptors (Lipinski definition) is 6. The van der Waals surface area contributed by atoms with Crippen molar-refractivity contribution < 1.29 is 9.47 Å². The molecule has 0 bridgehead atoms. The molecule has 5 aromatic rings. The molecular weight excluding hydrogens is 490 g/mol. The number of methoxy groups -OCH3 is 2. The number of fused-ring (bicyclic) bond motifs is 1. The van der Waals surface area contributed by atoms with Gasteiger partial charge in [-0.1, -0.05) is 29.5 Å². The van der Waals surface area contributed by atoms with Crippen molar-refractivity contribution in [3.05, 3.63) is 96.6 Å². The number of rotatable bonds is 6. The largest absolute Gasteiger partial charge is 0.497 e. The lowest BCUT2D eigenvalue weighted by atomic mass is 10.0. The Morgan fingerprint density at radius 3 is 2.61 bits per heavy atom. The summed E-state index contributed by atoms with van der Waals surface area (Å²) in [5, 5.41) is 5.00. The van der Waals surface area contributed by atoms with Crippen molar-refractivity contribution in [1.29, 1.82) is 0 Å². The third kappa shape index (κ3) is 3.77. The maximum atomic E-state index is 5.92. The van der Waals surface area contributed by atoms with E-state index in [1.54, 1.807) is 31.8 Å². The van der Waals surface area contributed by atoms with Gasteiger partial charge in [0.25, 0.3) is 0 Å². The quantitative estimate of drug-likeness (QED) is 0.293. The number of hydrogen-bond donors (Lipinski definition) is 1. The highest BCUT2D eigenvalue weighted by Crippen LogP contribution is 2.46. The summed E-state index contributed by atoms with van der Waals surface area (Å²) < 4.78 is 14.6. The molecule has 180 valence electrons. The number of para-hydroxylation sites is 1. The molecule has 0 spiro atoms. The molecule has 36 heavy (non-hydrogen) atoms. The zero-order valence-corrected chi connectivity index (χ0v) is 21.3. The second-order valence-corrected chi connectivity index (χ2v) is 9.70. The van der Waals surface area contributed by atoms with E-state index in [4.69, 9.17) is 26.7 Å². The van der Waals surface area contributed by atoms with Crippen molar-refractivity contribution in [3.63, 3.8) is 0 Å². The smallest absolute Gasteiger partial charge is 0.194 e. The van der Waals surface area contributed by atoms with Crippen LogP contribution in [0.5, 0.6) is 11.5 Å². The predicted molar refractivity (Wildman–Crippen MR) is 146 cm³/mol. The van der Waals surface area contributed by atoms with Crippen molar-refractivity contribution in [2.45, 2.75) is 12.1 Å². The number of thiazole rings is 1. The van der Waals surface area contributed by atoms with Crippen LogP contribution in [-0.2, 0) is 0 Å².